The van der Waals surface area contributed by atoms with Crippen molar-refractivity contribution in [3.05, 3.63) is 28.5 Å². The highest BCUT2D eigenvalue weighted by Crippen LogP contribution is 2.01. The SMILES string of the molecule is Cc1cc(C=O)nn1CC=CBr. The molecule has 1 aromatic rings. The van der Waals surface area contributed by atoms with E-state index in [2.05, 4.69) is 21.0 Å². The first-order valence-electron chi connectivity index (χ1n) is 3.52. The zero-order valence-corrected chi connectivity index (χ0v) is 8.28. The smallest absolute Gasteiger partial charge is 0.170 e. The summed E-state index contributed by atoms with van der Waals surface area (Å²) in [6.45, 7) is 2.60. The molecule has 0 radical (unpaired) electrons. The molecule has 0 bridgehead atoms. The lowest BCUT2D eigenvalue weighted by Gasteiger charge is -1.96. The summed E-state index contributed by atoms with van der Waals surface area (Å²) in [4.78, 5) is 12.1. The van der Waals surface area contributed by atoms with Gasteiger partial charge in [0.1, 0.15) is 5.69 Å². The minimum absolute atomic E-state index is 0.482. The number of aromatic nitrogens is 2. The highest BCUT2D eigenvalue weighted by Gasteiger charge is 2.00. The average molecular weight is 229 g/mol. The minimum Gasteiger partial charge on any atom is -0.296 e. The molecule has 0 aliphatic carbocycles. The molecule has 0 fully saturated rings. The highest BCUT2D eigenvalue weighted by atomic mass is 79.9. The van der Waals surface area contributed by atoms with Crippen molar-refractivity contribution < 1.29 is 4.79 Å². The van der Waals surface area contributed by atoms with Crippen molar-refractivity contribution in [3.63, 3.8) is 0 Å². The molecule has 0 aliphatic rings. The van der Waals surface area contributed by atoms with E-state index in [1.807, 2.05) is 13.0 Å². The van der Waals surface area contributed by atoms with Crippen LogP contribution in [0.5, 0.6) is 0 Å². The van der Waals surface area contributed by atoms with Crippen LogP contribution in [0.25, 0.3) is 0 Å². The Bertz CT molecular complexity index is 304. The molecule has 0 amide bonds. The number of halogens is 1. The van der Waals surface area contributed by atoms with Crippen molar-refractivity contribution in [3.8, 4) is 0 Å². The Balaban J connectivity index is 2.84. The van der Waals surface area contributed by atoms with E-state index in [0.717, 1.165) is 12.0 Å². The van der Waals surface area contributed by atoms with E-state index in [1.54, 1.807) is 15.7 Å². The van der Waals surface area contributed by atoms with Gasteiger partial charge in [0.15, 0.2) is 6.29 Å². The Labute approximate surface area is 79.2 Å². The molecule has 0 saturated heterocycles. The van der Waals surface area contributed by atoms with E-state index in [4.69, 9.17) is 0 Å². The monoisotopic (exact) mass is 228 g/mol. The number of rotatable bonds is 3. The first kappa shape index (κ1) is 9.19. The van der Waals surface area contributed by atoms with Crippen LogP contribution in [-0.2, 0) is 6.54 Å². The molecule has 4 heteroatoms. The third-order valence-corrected chi connectivity index (χ3v) is 1.86. The summed E-state index contributed by atoms with van der Waals surface area (Å²) in [5.74, 6) is 0. The Morgan fingerprint density at radius 3 is 3.00 bits per heavy atom. The van der Waals surface area contributed by atoms with Crippen LogP contribution in [0.2, 0.25) is 0 Å². The molecule has 3 nitrogen and oxygen atoms in total. The number of allylic oxidation sites excluding steroid dienone is 1. The number of nitrogens with zero attached hydrogens (tertiary/aromatic N) is 2. The summed E-state index contributed by atoms with van der Waals surface area (Å²) in [6.07, 6.45) is 2.66. The van der Waals surface area contributed by atoms with Gasteiger partial charge in [-0.1, -0.05) is 22.0 Å². The summed E-state index contributed by atoms with van der Waals surface area (Å²) in [5.41, 5.74) is 1.47. The number of carbonyl (C=O) groups excluding carboxylic acids is 1. The topological polar surface area (TPSA) is 34.9 Å². The fraction of sp³-hybridized carbons (Fsp3) is 0.250. The Hall–Kier alpha value is -0.900. The van der Waals surface area contributed by atoms with Crippen LogP contribution in [0.1, 0.15) is 16.2 Å². The molecule has 0 aliphatic heterocycles. The zero-order chi connectivity index (χ0) is 8.97. The predicted molar refractivity (Wildman–Crippen MR) is 50.4 cm³/mol. The molecule has 0 atom stereocenters. The highest BCUT2D eigenvalue weighted by molar-refractivity contribution is 9.11. The van der Waals surface area contributed by atoms with E-state index >= 15 is 0 Å². The molecule has 0 unspecified atom stereocenters. The van der Waals surface area contributed by atoms with Gasteiger partial charge in [-0.25, -0.2) is 0 Å². The van der Waals surface area contributed by atoms with Crippen molar-refractivity contribution in [1.82, 2.24) is 9.78 Å². The molecule has 0 aromatic carbocycles. The van der Waals surface area contributed by atoms with Gasteiger partial charge in [-0.05, 0) is 18.0 Å². The normalized spacial score (nSPS) is 10.8. The van der Waals surface area contributed by atoms with Gasteiger partial charge in [0.2, 0.25) is 0 Å². The summed E-state index contributed by atoms with van der Waals surface area (Å²) < 4.78 is 1.77. The van der Waals surface area contributed by atoms with E-state index in [-0.39, 0.29) is 0 Å². The maximum absolute atomic E-state index is 10.3. The molecule has 0 spiro atoms. The van der Waals surface area contributed by atoms with Crippen LogP contribution in [0.3, 0.4) is 0 Å². The number of hydrogen-bond donors (Lipinski definition) is 0. The van der Waals surface area contributed by atoms with E-state index in [0.29, 0.717) is 12.2 Å². The number of aryl methyl sites for hydroxylation is 1. The summed E-state index contributed by atoms with van der Waals surface area (Å²) in [7, 11) is 0. The van der Waals surface area contributed by atoms with Crippen LogP contribution in [0.4, 0.5) is 0 Å². The second kappa shape index (κ2) is 4.21. The third kappa shape index (κ3) is 2.04. The fourth-order valence-electron chi connectivity index (χ4n) is 0.918. The lowest BCUT2D eigenvalue weighted by molar-refractivity contribution is 0.111. The number of carbonyl (C=O) groups is 1. The zero-order valence-electron chi connectivity index (χ0n) is 6.70. The molecule has 0 N–H and O–H groups in total. The molecular formula is C8H9BrN2O. The lowest BCUT2D eigenvalue weighted by Crippen LogP contribution is -1.99. The summed E-state index contributed by atoms with van der Waals surface area (Å²) in [5, 5.41) is 4.04. The van der Waals surface area contributed by atoms with E-state index in [1.165, 1.54) is 0 Å². The second-order valence-electron chi connectivity index (χ2n) is 2.37. The molecule has 0 saturated carbocycles. The largest absolute Gasteiger partial charge is 0.296 e. The Morgan fingerprint density at radius 1 is 1.75 bits per heavy atom. The first-order valence-corrected chi connectivity index (χ1v) is 4.44. The van der Waals surface area contributed by atoms with Crippen LogP contribution >= 0.6 is 15.9 Å². The first-order chi connectivity index (χ1) is 5.77. The van der Waals surface area contributed by atoms with Gasteiger partial charge in [-0.15, -0.1) is 0 Å². The van der Waals surface area contributed by atoms with Crippen molar-refractivity contribution in [1.29, 1.82) is 0 Å². The van der Waals surface area contributed by atoms with Gasteiger partial charge in [0, 0.05) is 5.69 Å². The number of aldehydes is 1. The molecule has 1 rings (SSSR count). The lowest BCUT2D eigenvalue weighted by atomic mass is 10.4. The van der Waals surface area contributed by atoms with Crippen LogP contribution in [-0.4, -0.2) is 16.1 Å². The van der Waals surface area contributed by atoms with Crippen molar-refractivity contribution >= 4 is 22.2 Å². The average Bonchev–Trinajstić information content (AvgIpc) is 2.43. The molecular weight excluding hydrogens is 220 g/mol. The van der Waals surface area contributed by atoms with Crippen molar-refractivity contribution in [2.75, 3.05) is 0 Å². The quantitative estimate of drug-likeness (QED) is 0.742. The van der Waals surface area contributed by atoms with Crippen LogP contribution in [0, 0.1) is 6.92 Å². The van der Waals surface area contributed by atoms with Gasteiger partial charge in [0.05, 0.1) is 6.54 Å². The van der Waals surface area contributed by atoms with Crippen molar-refractivity contribution in [2.24, 2.45) is 0 Å². The van der Waals surface area contributed by atoms with E-state index in [9.17, 15) is 4.79 Å². The second-order valence-corrected chi connectivity index (χ2v) is 2.90. The minimum atomic E-state index is 0.482. The van der Waals surface area contributed by atoms with Gasteiger partial charge < -0.3 is 0 Å². The maximum Gasteiger partial charge on any atom is 0.170 e. The Morgan fingerprint density at radius 2 is 2.50 bits per heavy atom. The molecule has 12 heavy (non-hydrogen) atoms. The molecule has 64 valence electrons. The van der Waals surface area contributed by atoms with Gasteiger partial charge in [-0.2, -0.15) is 5.10 Å². The summed E-state index contributed by atoms with van der Waals surface area (Å²) >= 11 is 3.16. The van der Waals surface area contributed by atoms with Crippen molar-refractivity contribution in [2.45, 2.75) is 13.5 Å². The standard InChI is InChI=1S/C8H9BrN2O/c1-7-5-8(6-12)10-11(7)4-2-3-9/h2-3,5-6H,4H2,1H3. The maximum atomic E-state index is 10.3. The fourth-order valence-corrected chi connectivity index (χ4v) is 1.08. The predicted octanol–water partition coefficient (Wildman–Crippen LogP) is 1.91. The Kier molecular flexibility index (Phi) is 3.22. The van der Waals surface area contributed by atoms with Gasteiger partial charge in [0.25, 0.3) is 0 Å². The third-order valence-electron chi connectivity index (χ3n) is 1.49. The molecule has 1 heterocycles. The van der Waals surface area contributed by atoms with Gasteiger partial charge in [-0.3, -0.25) is 9.48 Å². The summed E-state index contributed by atoms with van der Waals surface area (Å²) in [6, 6.07) is 1.76. The number of hydrogen-bond acceptors (Lipinski definition) is 2. The van der Waals surface area contributed by atoms with Crippen LogP contribution < -0.4 is 0 Å². The molecule has 1 aromatic heterocycles. The van der Waals surface area contributed by atoms with Gasteiger partial charge >= 0.3 is 0 Å². The van der Waals surface area contributed by atoms with E-state index < -0.39 is 0 Å². The van der Waals surface area contributed by atoms with Crippen LogP contribution in [0.15, 0.2) is 17.1 Å².